The Hall–Kier alpha value is -4.05. The molecule has 0 radical (unpaired) electrons. The first-order valence-corrected chi connectivity index (χ1v) is 11.0. The van der Waals surface area contributed by atoms with Crippen LogP contribution in [-0.4, -0.2) is 35.1 Å². The predicted octanol–water partition coefficient (Wildman–Crippen LogP) is 6.69. The van der Waals surface area contributed by atoms with E-state index in [1.165, 1.54) is 23.1 Å². The van der Waals surface area contributed by atoms with Crippen molar-refractivity contribution in [2.45, 2.75) is 26.7 Å². The number of rotatable bonds is 5. The molecule has 1 aromatic heterocycles. The summed E-state index contributed by atoms with van der Waals surface area (Å²) in [6.07, 6.45) is 1.68. The van der Waals surface area contributed by atoms with Gasteiger partial charge in [-0.15, -0.1) is 0 Å². The maximum Gasteiger partial charge on any atom is 0.256 e. The molecule has 0 spiro atoms. The Balaban J connectivity index is 1.88. The second-order valence-corrected chi connectivity index (χ2v) is 8.51. The van der Waals surface area contributed by atoms with Crippen LogP contribution in [0.1, 0.15) is 34.8 Å². The molecule has 0 aliphatic carbocycles. The number of fused-ring (bicyclic) bond motifs is 1. The SMILES string of the molecule is [C-]#[N+]c1cc2[nH]nc(-c3ccc(C(=O)N(C)C)c(F)c3)c2cc1-c1c(C)cc(CCC)cc1F. The summed E-state index contributed by atoms with van der Waals surface area (Å²) in [5, 5.41) is 7.84. The van der Waals surface area contributed by atoms with Crippen LogP contribution in [0.3, 0.4) is 0 Å². The highest BCUT2D eigenvalue weighted by atomic mass is 19.1. The van der Waals surface area contributed by atoms with Crippen molar-refractivity contribution in [1.29, 1.82) is 0 Å². The largest absolute Gasteiger partial charge is 0.345 e. The molecule has 1 amide bonds. The van der Waals surface area contributed by atoms with E-state index in [1.54, 1.807) is 32.3 Å². The van der Waals surface area contributed by atoms with Gasteiger partial charge in [0, 0.05) is 30.6 Å². The van der Waals surface area contributed by atoms with Gasteiger partial charge in [0.25, 0.3) is 5.91 Å². The van der Waals surface area contributed by atoms with Crippen LogP contribution in [0, 0.1) is 25.1 Å². The van der Waals surface area contributed by atoms with E-state index in [2.05, 4.69) is 15.0 Å². The number of aromatic amines is 1. The van der Waals surface area contributed by atoms with Crippen LogP contribution in [0.15, 0.2) is 42.5 Å². The number of aryl methyl sites for hydroxylation is 2. The lowest BCUT2D eigenvalue weighted by Gasteiger charge is -2.13. The van der Waals surface area contributed by atoms with E-state index in [4.69, 9.17) is 6.57 Å². The fourth-order valence-electron chi connectivity index (χ4n) is 4.23. The Bertz CT molecular complexity index is 1440. The summed E-state index contributed by atoms with van der Waals surface area (Å²) in [5.74, 6) is -1.47. The number of benzene rings is 3. The summed E-state index contributed by atoms with van der Waals surface area (Å²) in [7, 11) is 3.12. The number of hydrogen-bond acceptors (Lipinski definition) is 2. The molecule has 1 N–H and O–H groups in total. The Kier molecular flexibility index (Phi) is 6.16. The Morgan fingerprint density at radius 2 is 1.88 bits per heavy atom. The van der Waals surface area contributed by atoms with Crippen LogP contribution in [-0.2, 0) is 6.42 Å². The van der Waals surface area contributed by atoms with Gasteiger partial charge in [0.1, 0.15) is 11.6 Å². The highest BCUT2D eigenvalue weighted by molar-refractivity contribution is 6.01. The Morgan fingerprint density at radius 3 is 2.50 bits per heavy atom. The van der Waals surface area contributed by atoms with Gasteiger partial charge in [-0.25, -0.2) is 13.6 Å². The normalized spacial score (nSPS) is 11.0. The van der Waals surface area contributed by atoms with E-state index in [9.17, 15) is 9.18 Å². The number of carbonyl (C=O) groups is 1. The molecule has 4 rings (SSSR count). The van der Waals surface area contributed by atoms with E-state index in [1.807, 2.05) is 19.9 Å². The first-order valence-electron chi connectivity index (χ1n) is 11.0. The monoisotopic (exact) mass is 458 g/mol. The van der Waals surface area contributed by atoms with E-state index < -0.39 is 11.7 Å². The molecule has 0 aliphatic rings. The summed E-state index contributed by atoms with van der Waals surface area (Å²) in [4.78, 5) is 17.1. The maximum absolute atomic E-state index is 15.2. The third-order valence-electron chi connectivity index (χ3n) is 5.83. The minimum Gasteiger partial charge on any atom is -0.345 e. The predicted molar refractivity (Wildman–Crippen MR) is 130 cm³/mol. The van der Waals surface area contributed by atoms with Crippen LogP contribution < -0.4 is 0 Å². The molecular formula is C27H24F2N4O. The molecule has 4 aromatic rings. The zero-order valence-electron chi connectivity index (χ0n) is 19.5. The van der Waals surface area contributed by atoms with Crippen molar-refractivity contribution in [2.24, 2.45) is 0 Å². The van der Waals surface area contributed by atoms with Crippen LogP contribution in [0.25, 0.3) is 38.1 Å². The number of halogens is 2. The number of hydrogen-bond donors (Lipinski definition) is 1. The topological polar surface area (TPSA) is 53.4 Å². The number of amides is 1. The van der Waals surface area contributed by atoms with Crippen LogP contribution >= 0.6 is 0 Å². The van der Waals surface area contributed by atoms with Gasteiger partial charge >= 0.3 is 0 Å². The van der Waals surface area contributed by atoms with E-state index in [0.717, 1.165) is 24.0 Å². The van der Waals surface area contributed by atoms with Crippen LogP contribution in [0.4, 0.5) is 14.5 Å². The molecular weight excluding hydrogens is 434 g/mol. The molecule has 1 heterocycles. The minimum absolute atomic E-state index is 0.0329. The smallest absolute Gasteiger partial charge is 0.256 e. The molecule has 0 bridgehead atoms. The van der Waals surface area contributed by atoms with Gasteiger partial charge in [-0.2, -0.15) is 5.10 Å². The molecule has 7 heteroatoms. The molecule has 34 heavy (non-hydrogen) atoms. The Labute approximate surface area is 196 Å². The highest BCUT2D eigenvalue weighted by Crippen LogP contribution is 2.40. The molecule has 0 saturated carbocycles. The van der Waals surface area contributed by atoms with Gasteiger partial charge in [-0.3, -0.25) is 9.89 Å². The van der Waals surface area contributed by atoms with Crippen molar-refractivity contribution < 1.29 is 13.6 Å². The summed E-state index contributed by atoms with van der Waals surface area (Å²) in [6.45, 7) is 11.5. The average molecular weight is 459 g/mol. The summed E-state index contributed by atoms with van der Waals surface area (Å²) in [6, 6.07) is 11.2. The Morgan fingerprint density at radius 1 is 1.12 bits per heavy atom. The van der Waals surface area contributed by atoms with E-state index in [-0.39, 0.29) is 11.4 Å². The van der Waals surface area contributed by atoms with Crippen molar-refractivity contribution in [3.63, 3.8) is 0 Å². The number of nitrogens with zero attached hydrogens (tertiary/aromatic N) is 3. The van der Waals surface area contributed by atoms with Crippen molar-refractivity contribution in [3.05, 3.63) is 82.2 Å². The highest BCUT2D eigenvalue weighted by Gasteiger charge is 2.20. The van der Waals surface area contributed by atoms with Crippen molar-refractivity contribution >= 4 is 22.5 Å². The van der Waals surface area contributed by atoms with Crippen molar-refractivity contribution in [2.75, 3.05) is 14.1 Å². The van der Waals surface area contributed by atoms with Gasteiger partial charge < -0.3 is 4.90 Å². The van der Waals surface area contributed by atoms with Gasteiger partial charge in [0.2, 0.25) is 0 Å². The first-order chi connectivity index (χ1) is 16.2. The summed E-state index contributed by atoms with van der Waals surface area (Å²) in [5.41, 5.74) is 4.27. The fraction of sp³-hybridized carbons (Fsp3) is 0.222. The molecule has 5 nitrogen and oxygen atoms in total. The third kappa shape index (κ3) is 4.03. The number of aromatic nitrogens is 2. The first kappa shape index (κ1) is 23.1. The van der Waals surface area contributed by atoms with Gasteiger partial charge in [-0.05, 0) is 54.3 Å². The standard InChI is InChI=1S/C27H24F2N4O/c1-6-7-16-10-15(2)25(22(29)11-16)19-13-20-24(14-23(19)30-3)31-32-26(20)17-8-9-18(21(28)12-17)27(34)33(4)5/h8-14H,6-7H2,1-2,4-5H3,(H,31,32). The van der Waals surface area contributed by atoms with Crippen molar-refractivity contribution in [3.8, 4) is 22.4 Å². The molecule has 0 atom stereocenters. The zero-order chi connectivity index (χ0) is 24.6. The molecule has 0 fully saturated rings. The maximum atomic E-state index is 15.2. The van der Waals surface area contributed by atoms with Gasteiger partial charge in [-0.1, -0.05) is 31.5 Å². The average Bonchev–Trinajstić information content (AvgIpc) is 3.20. The molecule has 172 valence electrons. The third-order valence-corrected chi connectivity index (χ3v) is 5.83. The summed E-state index contributed by atoms with van der Waals surface area (Å²) < 4.78 is 30.0. The lowest BCUT2D eigenvalue weighted by Crippen LogP contribution is -2.22. The van der Waals surface area contributed by atoms with E-state index >= 15 is 4.39 Å². The van der Waals surface area contributed by atoms with Crippen LogP contribution in [0.2, 0.25) is 0 Å². The van der Waals surface area contributed by atoms with Gasteiger partial charge in [0.15, 0.2) is 5.69 Å². The number of carbonyl (C=O) groups excluding carboxylic acids is 1. The molecule has 0 unspecified atom stereocenters. The summed E-state index contributed by atoms with van der Waals surface area (Å²) >= 11 is 0. The number of H-pyrrole nitrogens is 1. The zero-order valence-corrected chi connectivity index (χ0v) is 19.5. The van der Waals surface area contributed by atoms with Crippen molar-refractivity contribution in [1.82, 2.24) is 15.1 Å². The lowest BCUT2D eigenvalue weighted by atomic mass is 9.93. The second-order valence-electron chi connectivity index (χ2n) is 8.51. The quantitative estimate of drug-likeness (QED) is 0.339. The molecule has 0 saturated heterocycles. The minimum atomic E-state index is -0.654. The lowest BCUT2D eigenvalue weighted by molar-refractivity contribution is 0.0823. The second kappa shape index (κ2) is 9.06. The molecule has 0 aliphatic heterocycles. The van der Waals surface area contributed by atoms with Crippen LogP contribution in [0.5, 0.6) is 0 Å². The van der Waals surface area contributed by atoms with Gasteiger partial charge in [0.05, 0.1) is 23.3 Å². The molecule has 3 aromatic carbocycles. The van der Waals surface area contributed by atoms with E-state index in [0.29, 0.717) is 39.0 Å². The fourth-order valence-corrected chi connectivity index (χ4v) is 4.23. The number of nitrogens with one attached hydrogen (secondary N) is 1.